The molecule has 0 aliphatic rings. The number of hydrogen-bond donors (Lipinski definition) is 3. The Labute approximate surface area is 77.8 Å². The van der Waals surface area contributed by atoms with Crippen LogP contribution in [0.25, 0.3) is 0 Å². The molecule has 0 aromatic heterocycles. The third kappa shape index (κ3) is 1.99. The number of aliphatic hydroxyl groups is 1. The molecule has 13 heavy (non-hydrogen) atoms. The molecular weight excluding hydrogens is 166 g/mol. The molecule has 0 radical (unpaired) electrons. The van der Waals surface area contributed by atoms with E-state index in [4.69, 9.17) is 5.73 Å². The lowest BCUT2D eigenvalue weighted by atomic mass is 10.0. The van der Waals surface area contributed by atoms with Gasteiger partial charge in [0.25, 0.3) is 0 Å². The van der Waals surface area contributed by atoms with Gasteiger partial charge < -0.3 is 15.9 Å². The first-order valence-electron chi connectivity index (χ1n) is 4.24. The second-order valence-corrected chi connectivity index (χ2v) is 3.25. The lowest BCUT2D eigenvalue weighted by Crippen LogP contribution is -2.11. The highest BCUT2D eigenvalue weighted by Crippen LogP contribution is 2.25. The first-order valence-corrected chi connectivity index (χ1v) is 4.24. The summed E-state index contributed by atoms with van der Waals surface area (Å²) in [6.45, 7) is 3.80. The normalized spacial score (nSPS) is 12.9. The lowest BCUT2D eigenvalue weighted by molar-refractivity contribution is 0.186. The van der Waals surface area contributed by atoms with E-state index in [1.165, 1.54) is 0 Å². The molecule has 0 bridgehead atoms. The van der Waals surface area contributed by atoms with Gasteiger partial charge in [-0.1, -0.05) is 0 Å². The number of aliphatic hydroxyl groups excluding tert-OH is 1. The van der Waals surface area contributed by atoms with E-state index in [9.17, 15) is 10.2 Å². The summed E-state index contributed by atoms with van der Waals surface area (Å²) in [6.07, 6.45) is -0.641. The Morgan fingerprint density at radius 2 is 1.77 bits per heavy atom. The minimum atomic E-state index is -0.641. The number of aryl methyl sites for hydroxylation is 2. The summed E-state index contributed by atoms with van der Waals surface area (Å²) in [5.41, 5.74) is 7.62. The van der Waals surface area contributed by atoms with Crippen LogP contribution in [0.3, 0.4) is 0 Å². The van der Waals surface area contributed by atoms with Gasteiger partial charge in [0, 0.05) is 6.54 Å². The Hall–Kier alpha value is -1.06. The highest BCUT2D eigenvalue weighted by Gasteiger charge is 2.09. The third-order valence-electron chi connectivity index (χ3n) is 2.12. The van der Waals surface area contributed by atoms with Crippen molar-refractivity contribution in [2.45, 2.75) is 20.0 Å². The van der Waals surface area contributed by atoms with E-state index < -0.39 is 6.10 Å². The van der Waals surface area contributed by atoms with E-state index in [0.29, 0.717) is 0 Å². The average molecular weight is 181 g/mol. The van der Waals surface area contributed by atoms with Crippen LogP contribution in [0.15, 0.2) is 12.1 Å². The van der Waals surface area contributed by atoms with Gasteiger partial charge in [0.1, 0.15) is 5.75 Å². The summed E-state index contributed by atoms with van der Waals surface area (Å²) in [5.74, 6) is 0.285. The first kappa shape index (κ1) is 10.0. The van der Waals surface area contributed by atoms with Gasteiger partial charge in [0.05, 0.1) is 6.10 Å². The fourth-order valence-corrected chi connectivity index (χ4v) is 1.32. The molecule has 3 nitrogen and oxygen atoms in total. The van der Waals surface area contributed by atoms with Crippen LogP contribution in [-0.4, -0.2) is 16.8 Å². The zero-order chi connectivity index (χ0) is 10.0. The molecule has 1 atom stereocenters. The fourth-order valence-electron chi connectivity index (χ4n) is 1.32. The summed E-state index contributed by atoms with van der Waals surface area (Å²) >= 11 is 0. The molecule has 0 aliphatic heterocycles. The Morgan fingerprint density at radius 3 is 2.15 bits per heavy atom. The molecule has 4 N–H and O–H groups in total. The van der Waals surface area contributed by atoms with Crippen molar-refractivity contribution < 1.29 is 10.2 Å². The van der Waals surface area contributed by atoms with E-state index in [2.05, 4.69) is 0 Å². The molecule has 1 aromatic carbocycles. The predicted octanol–water partition coefficient (Wildman–Crippen LogP) is 1.00. The summed E-state index contributed by atoms with van der Waals surface area (Å²) in [6, 6.07) is 3.50. The quantitative estimate of drug-likeness (QED) is 0.637. The molecule has 0 amide bonds. The Bertz CT molecular complexity index is 287. The third-order valence-corrected chi connectivity index (χ3v) is 2.12. The topological polar surface area (TPSA) is 66.5 Å². The van der Waals surface area contributed by atoms with Gasteiger partial charge in [0.15, 0.2) is 0 Å². The summed E-state index contributed by atoms with van der Waals surface area (Å²) < 4.78 is 0. The van der Waals surface area contributed by atoms with E-state index in [0.717, 1.165) is 16.7 Å². The van der Waals surface area contributed by atoms with E-state index in [1.807, 2.05) is 0 Å². The Kier molecular flexibility index (Phi) is 2.90. The van der Waals surface area contributed by atoms with Crippen LogP contribution in [0, 0.1) is 13.8 Å². The van der Waals surface area contributed by atoms with Gasteiger partial charge in [-0.3, -0.25) is 0 Å². The van der Waals surface area contributed by atoms with Crippen LogP contribution < -0.4 is 5.73 Å². The number of nitrogens with two attached hydrogens (primary N) is 1. The van der Waals surface area contributed by atoms with Gasteiger partial charge in [-0.25, -0.2) is 0 Å². The molecular formula is C10H15NO2. The zero-order valence-corrected chi connectivity index (χ0v) is 7.91. The van der Waals surface area contributed by atoms with Crippen LogP contribution in [0.1, 0.15) is 22.8 Å². The summed E-state index contributed by atoms with van der Waals surface area (Å²) in [4.78, 5) is 0. The van der Waals surface area contributed by atoms with Gasteiger partial charge in [-0.05, 0) is 42.7 Å². The maximum atomic E-state index is 9.47. The van der Waals surface area contributed by atoms with E-state index >= 15 is 0 Å². The number of rotatable bonds is 2. The molecule has 1 rings (SSSR count). The van der Waals surface area contributed by atoms with Crippen LogP contribution in [0.2, 0.25) is 0 Å². The molecule has 3 heteroatoms. The maximum absolute atomic E-state index is 9.47. The van der Waals surface area contributed by atoms with E-state index in [1.54, 1.807) is 26.0 Å². The molecule has 72 valence electrons. The van der Waals surface area contributed by atoms with Crippen molar-refractivity contribution in [3.63, 3.8) is 0 Å². The highest BCUT2D eigenvalue weighted by molar-refractivity contribution is 5.42. The molecule has 0 aliphatic carbocycles. The molecule has 0 spiro atoms. The van der Waals surface area contributed by atoms with Gasteiger partial charge in [0.2, 0.25) is 0 Å². The minimum absolute atomic E-state index is 0.198. The second kappa shape index (κ2) is 3.77. The smallest absolute Gasteiger partial charge is 0.121 e. The SMILES string of the molecule is Cc1cc([C@H](O)CN)cc(C)c1O. The van der Waals surface area contributed by atoms with Crippen molar-refractivity contribution in [3.05, 3.63) is 28.8 Å². The number of hydrogen-bond acceptors (Lipinski definition) is 3. The summed E-state index contributed by atoms with van der Waals surface area (Å²) in [7, 11) is 0. The van der Waals surface area contributed by atoms with Crippen molar-refractivity contribution in [2.24, 2.45) is 5.73 Å². The number of phenols is 1. The molecule has 0 unspecified atom stereocenters. The molecule has 0 heterocycles. The van der Waals surface area contributed by atoms with Crippen LogP contribution in [-0.2, 0) is 0 Å². The van der Waals surface area contributed by atoms with Gasteiger partial charge in [-0.15, -0.1) is 0 Å². The highest BCUT2D eigenvalue weighted by atomic mass is 16.3. The van der Waals surface area contributed by atoms with E-state index in [-0.39, 0.29) is 12.3 Å². The largest absolute Gasteiger partial charge is 0.507 e. The van der Waals surface area contributed by atoms with Crippen molar-refractivity contribution in [3.8, 4) is 5.75 Å². The minimum Gasteiger partial charge on any atom is -0.507 e. The van der Waals surface area contributed by atoms with Gasteiger partial charge >= 0.3 is 0 Å². The van der Waals surface area contributed by atoms with Crippen molar-refractivity contribution in [1.29, 1.82) is 0 Å². The maximum Gasteiger partial charge on any atom is 0.121 e. The monoisotopic (exact) mass is 181 g/mol. The first-order chi connectivity index (χ1) is 6.06. The number of benzene rings is 1. The predicted molar refractivity (Wildman–Crippen MR) is 51.6 cm³/mol. The van der Waals surface area contributed by atoms with Crippen LogP contribution in [0.4, 0.5) is 0 Å². The van der Waals surface area contributed by atoms with Crippen LogP contribution >= 0.6 is 0 Å². The molecule has 0 saturated carbocycles. The molecule has 0 fully saturated rings. The Morgan fingerprint density at radius 1 is 1.31 bits per heavy atom. The van der Waals surface area contributed by atoms with Crippen molar-refractivity contribution >= 4 is 0 Å². The average Bonchev–Trinajstić information content (AvgIpc) is 2.12. The second-order valence-electron chi connectivity index (χ2n) is 3.25. The Balaban J connectivity index is 3.13. The fraction of sp³-hybridized carbons (Fsp3) is 0.400. The van der Waals surface area contributed by atoms with Gasteiger partial charge in [-0.2, -0.15) is 0 Å². The zero-order valence-electron chi connectivity index (χ0n) is 7.91. The summed E-state index contributed by atoms with van der Waals surface area (Å²) in [5, 5.41) is 18.9. The van der Waals surface area contributed by atoms with Crippen molar-refractivity contribution in [1.82, 2.24) is 0 Å². The van der Waals surface area contributed by atoms with Crippen molar-refractivity contribution in [2.75, 3.05) is 6.54 Å². The van der Waals surface area contributed by atoms with Crippen LogP contribution in [0.5, 0.6) is 5.75 Å². The number of phenolic OH excluding ortho intramolecular Hbond substituents is 1. The number of aromatic hydroxyl groups is 1. The molecule has 0 saturated heterocycles. The standard InChI is InChI=1S/C10H15NO2/c1-6-3-8(9(12)5-11)4-7(2)10(6)13/h3-4,9,12-13H,5,11H2,1-2H3/t9-/m1/s1. The lowest BCUT2D eigenvalue weighted by Gasteiger charge is -2.11. The molecule has 1 aromatic rings.